The van der Waals surface area contributed by atoms with Crippen molar-refractivity contribution in [3.05, 3.63) is 52.8 Å². The largest absolute Gasteiger partial charge is 0.507 e. The van der Waals surface area contributed by atoms with Gasteiger partial charge in [-0.05, 0) is 50.4 Å². The number of phenols is 1. The van der Waals surface area contributed by atoms with Crippen LogP contribution in [0, 0.1) is 0 Å². The number of ether oxygens (including phenoxy) is 3. The predicted molar refractivity (Wildman–Crippen MR) is 112 cm³/mol. The first-order chi connectivity index (χ1) is 14.0. The van der Waals surface area contributed by atoms with Gasteiger partial charge in [-0.3, -0.25) is 4.79 Å². The van der Waals surface area contributed by atoms with Crippen LogP contribution in [0.5, 0.6) is 23.0 Å². The summed E-state index contributed by atoms with van der Waals surface area (Å²) in [6.45, 7) is 3.54. The Morgan fingerprint density at radius 1 is 1.17 bits per heavy atom. The third kappa shape index (κ3) is 4.38. The quantitative estimate of drug-likeness (QED) is 0.672. The summed E-state index contributed by atoms with van der Waals surface area (Å²) in [5.74, 6) is 1.78. The highest BCUT2D eigenvalue weighted by atomic mass is 16.5. The maximum absolute atomic E-state index is 12.9. The molecule has 2 aromatic rings. The number of hydrogen-bond donors (Lipinski definition) is 1. The monoisotopic (exact) mass is 397 g/mol. The molecule has 1 heterocycles. The molecule has 6 heteroatoms. The molecule has 29 heavy (non-hydrogen) atoms. The number of hydrogen-bond acceptors (Lipinski definition) is 6. The Kier molecular flexibility index (Phi) is 6.44. The third-order valence-electron chi connectivity index (χ3n) is 4.96. The van der Waals surface area contributed by atoms with Crippen LogP contribution >= 0.6 is 0 Å². The molecule has 2 aromatic carbocycles. The van der Waals surface area contributed by atoms with Gasteiger partial charge in [-0.2, -0.15) is 0 Å². The molecule has 0 saturated carbocycles. The molecule has 0 unspecified atom stereocenters. The molecular weight excluding hydrogens is 370 g/mol. The fraction of sp³-hybridized carbons (Fsp3) is 0.348. The lowest BCUT2D eigenvalue weighted by Crippen LogP contribution is -2.19. The highest BCUT2D eigenvalue weighted by Crippen LogP contribution is 2.40. The molecule has 1 aliphatic heterocycles. The van der Waals surface area contributed by atoms with Gasteiger partial charge < -0.3 is 24.2 Å². The average molecular weight is 397 g/mol. The molecular formula is C23H27NO5. The molecule has 0 saturated heterocycles. The highest BCUT2D eigenvalue weighted by molar-refractivity contribution is 6.15. The van der Waals surface area contributed by atoms with E-state index in [4.69, 9.17) is 14.2 Å². The normalized spacial score (nSPS) is 14.2. The van der Waals surface area contributed by atoms with Crippen LogP contribution in [0.4, 0.5) is 0 Å². The van der Waals surface area contributed by atoms with Gasteiger partial charge in [0.1, 0.15) is 23.0 Å². The van der Waals surface area contributed by atoms with E-state index in [9.17, 15) is 9.90 Å². The number of carbonyl (C=O) groups excluding carboxylic acids is 1. The smallest absolute Gasteiger partial charge is 0.231 e. The summed E-state index contributed by atoms with van der Waals surface area (Å²) in [7, 11) is 5.13. The number of fused-ring (bicyclic) bond motifs is 1. The van der Waals surface area contributed by atoms with Crippen molar-refractivity contribution in [2.45, 2.75) is 26.3 Å². The maximum atomic E-state index is 12.9. The molecule has 6 nitrogen and oxygen atoms in total. The number of nitrogens with zero attached hydrogens (tertiary/aromatic N) is 1. The van der Waals surface area contributed by atoms with Crippen molar-refractivity contribution in [2.75, 3.05) is 27.8 Å². The Bertz CT molecular complexity index is 935. The summed E-state index contributed by atoms with van der Waals surface area (Å²) in [5, 5.41) is 10.4. The van der Waals surface area contributed by atoms with E-state index >= 15 is 0 Å². The Hall–Kier alpha value is -2.99. The highest BCUT2D eigenvalue weighted by Gasteiger charge is 2.31. The van der Waals surface area contributed by atoms with Gasteiger partial charge in [0.05, 0.1) is 25.3 Å². The van der Waals surface area contributed by atoms with Crippen LogP contribution in [-0.2, 0) is 6.54 Å². The van der Waals surface area contributed by atoms with Gasteiger partial charge in [0.2, 0.25) is 5.78 Å². The second-order valence-electron chi connectivity index (χ2n) is 7.08. The minimum atomic E-state index is -0.213. The van der Waals surface area contributed by atoms with E-state index in [0.29, 0.717) is 40.5 Å². The summed E-state index contributed by atoms with van der Waals surface area (Å²) in [5.41, 5.74) is 1.79. The Balaban J connectivity index is 1.93. The molecule has 0 fully saturated rings. The number of Topliss-reactive ketones (excluding diaryl/α,β-unsaturated/α-hetero) is 1. The molecule has 1 N–H and O–H groups in total. The zero-order valence-corrected chi connectivity index (χ0v) is 17.3. The number of allylic oxidation sites excluding steroid dienone is 1. The number of carbonyl (C=O) groups is 1. The molecule has 0 aliphatic carbocycles. The van der Waals surface area contributed by atoms with Crippen LogP contribution in [-0.4, -0.2) is 43.6 Å². The second kappa shape index (κ2) is 9.01. The zero-order valence-electron chi connectivity index (χ0n) is 17.3. The minimum Gasteiger partial charge on any atom is -0.507 e. The van der Waals surface area contributed by atoms with Gasteiger partial charge in [-0.15, -0.1) is 0 Å². The van der Waals surface area contributed by atoms with E-state index in [1.54, 1.807) is 50.6 Å². The fourth-order valence-electron chi connectivity index (χ4n) is 3.31. The molecule has 0 amide bonds. The van der Waals surface area contributed by atoms with Crippen molar-refractivity contribution in [3.63, 3.8) is 0 Å². The van der Waals surface area contributed by atoms with Crippen molar-refractivity contribution in [1.82, 2.24) is 4.90 Å². The van der Waals surface area contributed by atoms with E-state index in [1.165, 1.54) is 0 Å². The molecule has 154 valence electrons. The van der Waals surface area contributed by atoms with Gasteiger partial charge >= 0.3 is 0 Å². The lowest BCUT2D eigenvalue weighted by Gasteiger charge is -2.18. The van der Waals surface area contributed by atoms with Crippen molar-refractivity contribution in [3.8, 4) is 23.0 Å². The van der Waals surface area contributed by atoms with Crippen LogP contribution in [0.25, 0.3) is 6.08 Å². The van der Waals surface area contributed by atoms with Crippen LogP contribution in [0.2, 0.25) is 0 Å². The fourth-order valence-corrected chi connectivity index (χ4v) is 3.31. The first-order valence-corrected chi connectivity index (χ1v) is 9.68. The summed E-state index contributed by atoms with van der Waals surface area (Å²) >= 11 is 0. The Morgan fingerprint density at radius 3 is 2.66 bits per heavy atom. The van der Waals surface area contributed by atoms with E-state index in [2.05, 4.69) is 11.8 Å². The van der Waals surface area contributed by atoms with Gasteiger partial charge in [0, 0.05) is 18.2 Å². The molecule has 0 radical (unpaired) electrons. The minimum absolute atomic E-state index is 0.128. The number of aromatic hydroxyl groups is 1. The van der Waals surface area contributed by atoms with Crippen LogP contribution in [0.3, 0.4) is 0 Å². The zero-order chi connectivity index (χ0) is 21.0. The van der Waals surface area contributed by atoms with Gasteiger partial charge in [-0.25, -0.2) is 0 Å². The average Bonchev–Trinajstić information content (AvgIpc) is 3.04. The van der Waals surface area contributed by atoms with Crippen molar-refractivity contribution in [2.24, 2.45) is 0 Å². The van der Waals surface area contributed by atoms with Crippen molar-refractivity contribution < 1.29 is 24.1 Å². The summed E-state index contributed by atoms with van der Waals surface area (Å²) in [6.07, 6.45) is 3.81. The summed E-state index contributed by atoms with van der Waals surface area (Å²) in [6, 6.07) is 8.51. The predicted octanol–water partition coefficient (Wildman–Crippen LogP) is 4.26. The first kappa shape index (κ1) is 20.7. The molecule has 0 bridgehead atoms. The van der Waals surface area contributed by atoms with E-state index in [0.717, 1.165) is 19.4 Å². The SMILES string of the molecule is CCCCN(C)Cc1c(O)ccc2c1OC(=Cc1ccc(OC)cc1OC)C2=O. The third-order valence-corrected chi connectivity index (χ3v) is 4.96. The number of methoxy groups -OCH3 is 2. The van der Waals surface area contributed by atoms with Crippen LogP contribution < -0.4 is 14.2 Å². The number of ketones is 1. The standard InChI is InChI=1S/C23H27NO5/c1-5-6-11-24(2)14-18-19(25)10-9-17-22(26)21(29-23(17)18)12-15-7-8-16(27-3)13-20(15)28-4/h7-10,12-13,25H,5-6,11,14H2,1-4H3. The second-order valence-corrected chi connectivity index (χ2v) is 7.08. The molecule has 0 atom stereocenters. The maximum Gasteiger partial charge on any atom is 0.231 e. The molecule has 1 aliphatic rings. The van der Waals surface area contributed by atoms with E-state index < -0.39 is 0 Å². The van der Waals surface area contributed by atoms with Crippen molar-refractivity contribution >= 4 is 11.9 Å². The van der Waals surface area contributed by atoms with Gasteiger partial charge in [-0.1, -0.05) is 13.3 Å². The first-order valence-electron chi connectivity index (χ1n) is 9.68. The molecule has 0 aromatic heterocycles. The van der Waals surface area contributed by atoms with Gasteiger partial charge in [0.25, 0.3) is 0 Å². The lowest BCUT2D eigenvalue weighted by molar-refractivity contribution is 0.101. The van der Waals surface area contributed by atoms with E-state index in [1.807, 2.05) is 7.05 Å². The summed E-state index contributed by atoms with van der Waals surface area (Å²) in [4.78, 5) is 15.0. The van der Waals surface area contributed by atoms with Crippen LogP contribution in [0.15, 0.2) is 36.1 Å². The number of phenolic OH excluding ortho intramolecular Hbond substituents is 1. The van der Waals surface area contributed by atoms with Gasteiger partial charge in [0.15, 0.2) is 5.76 Å². The lowest BCUT2D eigenvalue weighted by atomic mass is 10.0. The number of benzene rings is 2. The topological polar surface area (TPSA) is 68.2 Å². The molecule has 3 rings (SSSR count). The number of unbranched alkanes of at least 4 members (excludes halogenated alkanes) is 1. The molecule has 0 spiro atoms. The number of rotatable bonds is 8. The van der Waals surface area contributed by atoms with E-state index in [-0.39, 0.29) is 17.3 Å². The Labute approximate surface area is 171 Å². The Morgan fingerprint density at radius 2 is 1.97 bits per heavy atom. The van der Waals surface area contributed by atoms with Crippen molar-refractivity contribution in [1.29, 1.82) is 0 Å². The van der Waals surface area contributed by atoms with Crippen LogP contribution in [0.1, 0.15) is 41.3 Å². The summed E-state index contributed by atoms with van der Waals surface area (Å²) < 4.78 is 16.6.